The van der Waals surface area contributed by atoms with Crippen LogP contribution < -0.4 is 0 Å². The summed E-state index contributed by atoms with van der Waals surface area (Å²) in [6.45, 7) is 15.0. The van der Waals surface area contributed by atoms with Crippen LogP contribution in [0, 0.1) is 17.8 Å². The van der Waals surface area contributed by atoms with Crippen molar-refractivity contribution in [2.24, 2.45) is 17.8 Å². The van der Waals surface area contributed by atoms with Crippen molar-refractivity contribution in [1.82, 2.24) is 0 Å². The molecule has 0 radical (unpaired) electrons. The quantitative estimate of drug-likeness (QED) is 0.546. The molecule has 0 spiro atoms. The Bertz CT molecular complexity index is 504. The number of fused-ring (bicyclic) bond motifs is 2. The molecule has 2 aliphatic heterocycles. The number of allylic oxidation sites excluding steroid dienone is 2. The zero-order valence-electron chi connectivity index (χ0n) is 14.8. The number of alkyl halides is 1. The van der Waals surface area contributed by atoms with E-state index in [1.807, 2.05) is 6.92 Å². The van der Waals surface area contributed by atoms with E-state index in [0.29, 0.717) is 23.9 Å². The van der Waals surface area contributed by atoms with Crippen LogP contribution in [0.15, 0.2) is 24.3 Å². The molecule has 1 unspecified atom stereocenters. The van der Waals surface area contributed by atoms with Crippen molar-refractivity contribution in [3.63, 3.8) is 0 Å². The molecule has 2 aliphatic carbocycles. The van der Waals surface area contributed by atoms with Crippen molar-refractivity contribution in [2.75, 3.05) is 0 Å². The lowest BCUT2D eigenvalue weighted by Gasteiger charge is -2.58. The summed E-state index contributed by atoms with van der Waals surface area (Å²) >= 11 is 3.68. The standard InChI is InChI=1S/C20H31BrO2/c1-12(2)16-10-19(4)11-17(23-19)15(16)8-13(3)14-6-7-20(5,22)18(21)9-14/h14-18,22H,1,3,6-11H2,2,4-5H3/t14-,15?,16-,17+,18-,19+,20+/m1/s1. The van der Waals surface area contributed by atoms with E-state index >= 15 is 0 Å². The second-order valence-corrected chi connectivity index (χ2v) is 9.89. The van der Waals surface area contributed by atoms with Crippen molar-refractivity contribution in [3.05, 3.63) is 24.3 Å². The molecule has 4 rings (SSSR count). The molecule has 0 amide bonds. The van der Waals surface area contributed by atoms with E-state index in [4.69, 9.17) is 4.74 Å². The van der Waals surface area contributed by atoms with Crippen LogP contribution in [0.2, 0.25) is 0 Å². The van der Waals surface area contributed by atoms with Gasteiger partial charge in [0.1, 0.15) is 0 Å². The van der Waals surface area contributed by atoms with E-state index in [0.717, 1.165) is 32.1 Å². The maximum Gasteiger partial charge on any atom is 0.0744 e. The van der Waals surface area contributed by atoms with Crippen LogP contribution in [0.5, 0.6) is 0 Å². The molecule has 4 fully saturated rings. The largest absolute Gasteiger partial charge is 0.389 e. The molecule has 2 nitrogen and oxygen atoms in total. The minimum absolute atomic E-state index is 0.0939. The van der Waals surface area contributed by atoms with Crippen LogP contribution in [0.3, 0.4) is 0 Å². The van der Waals surface area contributed by atoms with E-state index in [1.54, 1.807) is 0 Å². The summed E-state index contributed by atoms with van der Waals surface area (Å²) in [7, 11) is 0. The molecule has 4 aliphatic rings. The number of rotatable bonds is 4. The van der Waals surface area contributed by atoms with Gasteiger partial charge in [0.15, 0.2) is 0 Å². The summed E-state index contributed by atoms with van der Waals surface area (Å²) in [6.07, 6.45) is 6.61. The molecule has 23 heavy (non-hydrogen) atoms. The van der Waals surface area contributed by atoms with Crippen molar-refractivity contribution in [1.29, 1.82) is 0 Å². The zero-order chi connectivity index (χ0) is 17.0. The van der Waals surface area contributed by atoms with E-state index in [9.17, 15) is 5.11 Å². The molecule has 2 bridgehead atoms. The second kappa shape index (κ2) is 6.00. The minimum Gasteiger partial charge on any atom is -0.389 e. The molecule has 1 N–H and O–H groups in total. The van der Waals surface area contributed by atoms with Crippen LogP contribution in [0.1, 0.15) is 59.3 Å². The van der Waals surface area contributed by atoms with Gasteiger partial charge >= 0.3 is 0 Å². The maximum absolute atomic E-state index is 10.3. The maximum atomic E-state index is 10.3. The Morgan fingerprint density at radius 1 is 1.30 bits per heavy atom. The van der Waals surface area contributed by atoms with Gasteiger partial charge in [-0.15, -0.1) is 0 Å². The highest BCUT2D eigenvalue weighted by Crippen LogP contribution is 2.54. The topological polar surface area (TPSA) is 29.5 Å². The first kappa shape index (κ1) is 17.7. The van der Waals surface area contributed by atoms with E-state index < -0.39 is 5.60 Å². The third-order valence-corrected chi connectivity index (χ3v) is 7.95. The minimum atomic E-state index is -0.583. The molecule has 2 saturated carbocycles. The van der Waals surface area contributed by atoms with Crippen molar-refractivity contribution in [2.45, 2.75) is 81.4 Å². The monoisotopic (exact) mass is 382 g/mol. The normalized spacial score (nSPS) is 49.3. The third kappa shape index (κ3) is 3.34. The van der Waals surface area contributed by atoms with Gasteiger partial charge in [-0.2, -0.15) is 0 Å². The Balaban J connectivity index is 1.64. The smallest absolute Gasteiger partial charge is 0.0744 e. The number of hydrogen-bond donors (Lipinski definition) is 1. The van der Waals surface area contributed by atoms with Gasteiger partial charge in [-0.05, 0) is 70.6 Å². The van der Waals surface area contributed by atoms with Crippen LogP contribution >= 0.6 is 15.9 Å². The zero-order valence-corrected chi connectivity index (χ0v) is 16.4. The van der Waals surface area contributed by atoms with Crippen molar-refractivity contribution in [3.8, 4) is 0 Å². The van der Waals surface area contributed by atoms with E-state index in [2.05, 4.69) is 42.9 Å². The molecule has 7 atom stereocenters. The van der Waals surface area contributed by atoms with E-state index in [-0.39, 0.29) is 10.4 Å². The van der Waals surface area contributed by atoms with Gasteiger partial charge in [0, 0.05) is 11.2 Å². The second-order valence-electron chi connectivity index (χ2n) is 8.79. The fraction of sp³-hybridized carbons (Fsp3) is 0.800. The first-order valence-corrected chi connectivity index (χ1v) is 9.90. The predicted octanol–water partition coefficient (Wildman–Crippen LogP) is 5.01. The van der Waals surface area contributed by atoms with Gasteiger partial charge < -0.3 is 9.84 Å². The SMILES string of the molecule is C=C(CC1[C@@H]2C[C@](C)(C[C@@H]1C(=C)C)O2)[C@@H]1CC[C@](C)(O)[C@H](Br)C1. The lowest BCUT2D eigenvalue weighted by atomic mass is 9.61. The molecule has 3 heteroatoms. The molecule has 2 saturated heterocycles. The van der Waals surface area contributed by atoms with Gasteiger partial charge in [0.2, 0.25) is 0 Å². The van der Waals surface area contributed by atoms with Gasteiger partial charge in [0.05, 0.1) is 17.3 Å². The predicted molar refractivity (Wildman–Crippen MR) is 98.7 cm³/mol. The summed E-state index contributed by atoms with van der Waals surface area (Å²) in [5.74, 6) is 1.62. The highest BCUT2D eigenvalue weighted by atomic mass is 79.9. The number of halogens is 1. The molecule has 0 aromatic heterocycles. The molecule has 0 aromatic rings. The fourth-order valence-corrected chi connectivity index (χ4v) is 5.61. The number of ether oxygens (including phenoxy) is 1. The summed E-state index contributed by atoms with van der Waals surface area (Å²) in [5, 5.41) is 10.3. The molecular formula is C20H31BrO2. The Labute approximate surface area is 149 Å². The fourth-order valence-electron chi connectivity index (χ4n) is 4.93. The molecule has 130 valence electrons. The summed E-state index contributed by atoms with van der Waals surface area (Å²) in [5.41, 5.74) is 2.16. The number of aliphatic hydroxyl groups is 1. The Morgan fingerprint density at radius 3 is 2.52 bits per heavy atom. The van der Waals surface area contributed by atoms with Gasteiger partial charge in [-0.25, -0.2) is 0 Å². The van der Waals surface area contributed by atoms with E-state index in [1.165, 1.54) is 17.6 Å². The number of hydrogen-bond acceptors (Lipinski definition) is 2. The Hall–Kier alpha value is -0.120. The third-order valence-electron chi connectivity index (χ3n) is 6.59. The van der Waals surface area contributed by atoms with Crippen LogP contribution in [0.4, 0.5) is 0 Å². The average Bonchev–Trinajstić information content (AvgIpc) is 2.42. The van der Waals surface area contributed by atoms with Crippen LogP contribution in [-0.4, -0.2) is 27.2 Å². The van der Waals surface area contributed by atoms with Gasteiger partial charge in [-0.3, -0.25) is 0 Å². The summed E-state index contributed by atoms with van der Waals surface area (Å²) < 4.78 is 6.17. The Morgan fingerprint density at radius 2 is 1.96 bits per heavy atom. The first-order chi connectivity index (χ1) is 10.6. The molecule has 2 heterocycles. The molecule has 0 aromatic carbocycles. The van der Waals surface area contributed by atoms with Gasteiger partial charge in [-0.1, -0.05) is 40.2 Å². The summed E-state index contributed by atoms with van der Waals surface area (Å²) in [6, 6.07) is 0. The average molecular weight is 383 g/mol. The highest BCUT2D eigenvalue weighted by molar-refractivity contribution is 9.09. The lowest BCUT2D eigenvalue weighted by molar-refractivity contribution is -0.261. The van der Waals surface area contributed by atoms with Crippen molar-refractivity contribution < 1.29 is 9.84 Å². The lowest BCUT2D eigenvalue weighted by Crippen LogP contribution is -2.59. The molecular weight excluding hydrogens is 352 g/mol. The summed E-state index contributed by atoms with van der Waals surface area (Å²) in [4.78, 5) is 0.164. The first-order valence-electron chi connectivity index (χ1n) is 8.99. The van der Waals surface area contributed by atoms with Crippen LogP contribution in [0.25, 0.3) is 0 Å². The Kier molecular flexibility index (Phi) is 4.61. The van der Waals surface area contributed by atoms with Crippen LogP contribution in [-0.2, 0) is 4.74 Å². The van der Waals surface area contributed by atoms with Crippen molar-refractivity contribution >= 4 is 15.9 Å². The van der Waals surface area contributed by atoms with Gasteiger partial charge in [0.25, 0.3) is 0 Å². The highest BCUT2D eigenvalue weighted by Gasteiger charge is 2.54.